The monoisotopic (exact) mass is 284 g/mol. The van der Waals surface area contributed by atoms with Gasteiger partial charge < -0.3 is 19.3 Å². The van der Waals surface area contributed by atoms with Gasteiger partial charge in [-0.05, 0) is 29.7 Å². The molecule has 0 saturated carbocycles. The molecule has 1 N–H and O–H groups in total. The predicted molar refractivity (Wildman–Crippen MR) is 82.8 cm³/mol. The molecule has 3 aromatic carbocycles. The average molecular weight is 284 g/mol. The highest BCUT2D eigenvalue weighted by Crippen LogP contribution is 2.42. The van der Waals surface area contributed by atoms with Gasteiger partial charge >= 0.3 is 0 Å². The number of rotatable bonds is 3. The number of aromatic hydroxyl groups is 1. The van der Waals surface area contributed by atoms with Crippen LogP contribution in [-0.4, -0.2) is 26.4 Å². The number of phenols is 1. The Labute approximate surface area is 122 Å². The summed E-state index contributed by atoms with van der Waals surface area (Å²) in [5.74, 6) is 2.20. The molecule has 0 saturated heterocycles. The summed E-state index contributed by atoms with van der Waals surface area (Å²) in [6.45, 7) is 0. The Hall–Kier alpha value is -2.62. The van der Waals surface area contributed by atoms with Crippen molar-refractivity contribution in [3.05, 3.63) is 36.4 Å². The molecule has 0 heterocycles. The summed E-state index contributed by atoms with van der Waals surface area (Å²) in [6, 6.07) is 11.1. The first-order valence-electron chi connectivity index (χ1n) is 6.54. The maximum absolute atomic E-state index is 10.4. The second kappa shape index (κ2) is 5.05. The van der Waals surface area contributed by atoms with E-state index in [0.29, 0.717) is 11.5 Å². The Bertz CT molecular complexity index is 824. The van der Waals surface area contributed by atoms with Crippen molar-refractivity contribution in [2.24, 2.45) is 0 Å². The van der Waals surface area contributed by atoms with E-state index in [0.717, 1.165) is 27.3 Å². The zero-order valence-corrected chi connectivity index (χ0v) is 12.1. The minimum Gasteiger partial charge on any atom is -0.507 e. The van der Waals surface area contributed by atoms with Crippen LogP contribution >= 0.6 is 0 Å². The topological polar surface area (TPSA) is 47.9 Å². The standard InChI is InChI=1S/C17H16O4/c1-19-11-8-10-4-5-12-14(20-2)6-7-15(21-3)17(12)16(10)13(18)9-11/h4-9,18H,1-3H3. The van der Waals surface area contributed by atoms with Crippen molar-refractivity contribution < 1.29 is 19.3 Å². The molecule has 0 bridgehead atoms. The quantitative estimate of drug-likeness (QED) is 0.745. The average Bonchev–Trinajstić information content (AvgIpc) is 2.52. The molecule has 4 heteroatoms. The fraction of sp³-hybridized carbons (Fsp3) is 0.176. The number of hydrogen-bond acceptors (Lipinski definition) is 4. The van der Waals surface area contributed by atoms with Crippen LogP contribution in [0.5, 0.6) is 23.0 Å². The SMILES string of the molecule is COc1cc(O)c2c(ccc3c(OC)ccc(OC)c32)c1. The highest BCUT2D eigenvalue weighted by molar-refractivity contribution is 6.15. The van der Waals surface area contributed by atoms with Crippen molar-refractivity contribution in [3.8, 4) is 23.0 Å². The van der Waals surface area contributed by atoms with E-state index < -0.39 is 0 Å². The van der Waals surface area contributed by atoms with Gasteiger partial charge in [-0.3, -0.25) is 0 Å². The molecule has 0 radical (unpaired) electrons. The van der Waals surface area contributed by atoms with E-state index in [1.165, 1.54) is 0 Å². The van der Waals surface area contributed by atoms with Gasteiger partial charge in [-0.2, -0.15) is 0 Å². The second-order valence-corrected chi connectivity index (χ2v) is 4.70. The molecule has 0 aliphatic rings. The summed E-state index contributed by atoms with van der Waals surface area (Å²) in [4.78, 5) is 0. The van der Waals surface area contributed by atoms with E-state index in [4.69, 9.17) is 14.2 Å². The molecule has 0 spiro atoms. The summed E-state index contributed by atoms with van der Waals surface area (Å²) in [5.41, 5.74) is 0. The Morgan fingerprint density at radius 1 is 0.762 bits per heavy atom. The molecule has 3 rings (SSSR count). The lowest BCUT2D eigenvalue weighted by molar-refractivity contribution is 0.408. The number of ether oxygens (including phenoxy) is 3. The predicted octanol–water partition coefficient (Wildman–Crippen LogP) is 3.72. The van der Waals surface area contributed by atoms with Crippen LogP contribution in [0.25, 0.3) is 21.5 Å². The molecule has 0 aliphatic heterocycles. The van der Waals surface area contributed by atoms with Crippen molar-refractivity contribution in [1.82, 2.24) is 0 Å². The first-order chi connectivity index (χ1) is 10.2. The van der Waals surface area contributed by atoms with Crippen LogP contribution in [0.1, 0.15) is 0 Å². The normalized spacial score (nSPS) is 10.8. The lowest BCUT2D eigenvalue weighted by Gasteiger charge is -2.14. The summed E-state index contributed by atoms with van der Waals surface area (Å²) < 4.78 is 16.0. The molecule has 3 aromatic rings. The van der Waals surface area contributed by atoms with E-state index in [1.807, 2.05) is 30.3 Å². The number of methoxy groups -OCH3 is 3. The summed E-state index contributed by atoms with van der Waals surface area (Å²) >= 11 is 0. The highest BCUT2D eigenvalue weighted by Gasteiger charge is 2.14. The van der Waals surface area contributed by atoms with Gasteiger partial charge in [-0.15, -0.1) is 0 Å². The third kappa shape index (κ3) is 2.00. The Morgan fingerprint density at radius 3 is 2.14 bits per heavy atom. The summed E-state index contributed by atoms with van der Waals surface area (Å²) in [5, 5.41) is 13.7. The van der Waals surface area contributed by atoms with Crippen molar-refractivity contribution in [2.45, 2.75) is 0 Å². The van der Waals surface area contributed by atoms with Gasteiger partial charge in [-0.25, -0.2) is 0 Å². The van der Waals surface area contributed by atoms with Crippen molar-refractivity contribution in [3.63, 3.8) is 0 Å². The van der Waals surface area contributed by atoms with Crippen LogP contribution in [-0.2, 0) is 0 Å². The summed E-state index contributed by atoms with van der Waals surface area (Å²) in [7, 11) is 4.81. The molecule has 0 amide bonds. The zero-order valence-electron chi connectivity index (χ0n) is 12.1. The van der Waals surface area contributed by atoms with Crippen LogP contribution < -0.4 is 14.2 Å². The van der Waals surface area contributed by atoms with Crippen molar-refractivity contribution in [1.29, 1.82) is 0 Å². The molecule has 0 atom stereocenters. The lowest BCUT2D eigenvalue weighted by Crippen LogP contribution is -1.91. The molecule has 4 nitrogen and oxygen atoms in total. The van der Waals surface area contributed by atoms with Gasteiger partial charge in [0.15, 0.2) is 0 Å². The fourth-order valence-corrected chi connectivity index (χ4v) is 2.67. The molecule has 0 fully saturated rings. The minimum atomic E-state index is 0.154. The summed E-state index contributed by atoms with van der Waals surface area (Å²) in [6.07, 6.45) is 0. The van der Waals surface area contributed by atoms with Crippen molar-refractivity contribution >= 4 is 21.5 Å². The fourth-order valence-electron chi connectivity index (χ4n) is 2.67. The van der Waals surface area contributed by atoms with Crippen molar-refractivity contribution in [2.75, 3.05) is 21.3 Å². The van der Waals surface area contributed by atoms with Gasteiger partial charge in [-0.1, -0.05) is 6.07 Å². The maximum Gasteiger partial charge on any atom is 0.127 e. The molecular formula is C17H16O4. The van der Waals surface area contributed by atoms with Gasteiger partial charge in [0.25, 0.3) is 0 Å². The lowest BCUT2D eigenvalue weighted by atomic mass is 9.99. The van der Waals surface area contributed by atoms with Crippen LogP contribution in [0.3, 0.4) is 0 Å². The van der Waals surface area contributed by atoms with E-state index >= 15 is 0 Å². The van der Waals surface area contributed by atoms with Gasteiger partial charge in [0.05, 0.1) is 21.3 Å². The Kier molecular flexibility index (Phi) is 3.22. The minimum absolute atomic E-state index is 0.154. The first-order valence-corrected chi connectivity index (χ1v) is 6.54. The smallest absolute Gasteiger partial charge is 0.127 e. The molecule has 108 valence electrons. The van der Waals surface area contributed by atoms with E-state index in [2.05, 4.69) is 0 Å². The molecule has 0 aliphatic carbocycles. The molecule has 0 aromatic heterocycles. The van der Waals surface area contributed by atoms with E-state index in [9.17, 15) is 5.11 Å². The van der Waals surface area contributed by atoms with Gasteiger partial charge in [0, 0.05) is 22.2 Å². The molecule has 0 unspecified atom stereocenters. The number of phenolic OH excluding ortho intramolecular Hbond substituents is 1. The third-order valence-corrected chi connectivity index (χ3v) is 3.64. The zero-order chi connectivity index (χ0) is 15.0. The van der Waals surface area contributed by atoms with Gasteiger partial charge in [0.2, 0.25) is 0 Å². The number of hydrogen-bond donors (Lipinski definition) is 1. The van der Waals surface area contributed by atoms with Gasteiger partial charge in [0.1, 0.15) is 23.0 Å². The van der Waals surface area contributed by atoms with Crippen LogP contribution in [0, 0.1) is 0 Å². The largest absolute Gasteiger partial charge is 0.507 e. The number of fused-ring (bicyclic) bond motifs is 3. The maximum atomic E-state index is 10.4. The molecule has 21 heavy (non-hydrogen) atoms. The van der Waals surface area contributed by atoms with E-state index in [1.54, 1.807) is 27.4 Å². The molecular weight excluding hydrogens is 268 g/mol. The van der Waals surface area contributed by atoms with E-state index in [-0.39, 0.29) is 5.75 Å². The second-order valence-electron chi connectivity index (χ2n) is 4.70. The number of benzene rings is 3. The Balaban J connectivity index is 2.52. The Morgan fingerprint density at radius 2 is 1.48 bits per heavy atom. The highest BCUT2D eigenvalue weighted by atomic mass is 16.5. The first kappa shape index (κ1) is 13.4. The van der Waals surface area contributed by atoms with Crippen LogP contribution in [0.15, 0.2) is 36.4 Å². The van der Waals surface area contributed by atoms with Crippen LogP contribution in [0.4, 0.5) is 0 Å². The van der Waals surface area contributed by atoms with Crippen LogP contribution in [0.2, 0.25) is 0 Å². The third-order valence-electron chi connectivity index (χ3n) is 3.64.